The first-order chi connectivity index (χ1) is 9.10. The van der Waals surface area contributed by atoms with Gasteiger partial charge in [0.05, 0.1) is 13.7 Å². The number of esters is 1. The van der Waals surface area contributed by atoms with Crippen LogP contribution in [0.2, 0.25) is 0 Å². The van der Waals surface area contributed by atoms with Crippen molar-refractivity contribution in [2.45, 2.75) is 32.2 Å². The zero-order valence-electron chi connectivity index (χ0n) is 11.7. The predicted molar refractivity (Wildman–Crippen MR) is 74.4 cm³/mol. The number of carbonyl (C=O) groups excluding carboxylic acids is 1. The van der Waals surface area contributed by atoms with Crippen molar-refractivity contribution in [3.05, 3.63) is 24.3 Å². The summed E-state index contributed by atoms with van der Waals surface area (Å²) in [4.78, 5) is 12.2. The van der Waals surface area contributed by atoms with Crippen molar-refractivity contribution in [2.24, 2.45) is 5.92 Å². The number of anilines is 1. The van der Waals surface area contributed by atoms with Gasteiger partial charge in [-0.3, -0.25) is 0 Å². The second-order valence-corrected chi connectivity index (χ2v) is 5.05. The molecule has 0 aliphatic heterocycles. The Labute approximate surface area is 114 Å². The van der Waals surface area contributed by atoms with E-state index in [1.54, 1.807) is 7.11 Å². The summed E-state index contributed by atoms with van der Waals surface area (Å²) in [6.45, 7) is 4.15. The number of hydrogen-bond acceptors (Lipinski definition) is 4. The minimum absolute atomic E-state index is 0.180. The van der Waals surface area contributed by atoms with Gasteiger partial charge < -0.3 is 14.8 Å². The Hall–Kier alpha value is -1.71. The Morgan fingerprint density at radius 2 is 2.21 bits per heavy atom. The third-order valence-electron chi connectivity index (χ3n) is 3.57. The molecule has 0 heterocycles. The number of methoxy groups -OCH3 is 1. The third kappa shape index (κ3) is 3.00. The molecule has 0 bridgehead atoms. The fourth-order valence-corrected chi connectivity index (χ4v) is 2.26. The molecule has 1 aliphatic rings. The molecular formula is C15H21NO3. The quantitative estimate of drug-likeness (QED) is 0.802. The fraction of sp³-hybridized carbons (Fsp3) is 0.533. The molecule has 0 saturated heterocycles. The molecule has 0 spiro atoms. The van der Waals surface area contributed by atoms with E-state index < -0.39 is 5.54 Å². The van der Waals surface area contributed by atoms with E-state index in [9.17, 15) is 4.79 Å². The van der Waals surface area contributed by atoms with Gasteiger partial charge in [0.25, 0.3) is 0 Å². The van der Waals surface area contributed by atoms with E-state index in [-0.39, 0.29) is 5.97 Å². The lowest BCUT2D eigenvalue weighted by atomic mass is 9.95. The minimum atomic E-state index is -0.650. The van der Waals surface area contributed by atoms with Crippen LogP contribution in [0, 0.1) is 5.92 Å². The second kappa shape index (κ2) is 5.51. The standard InChI is InChI=1S/C15H21NO3/c1-4-19-14(17)15(2,11-8-9-11)16-12-6-5-7-13(10-12)18-3/h5-7,10-11,16H,4,8-9H2,1-3H3. The van der Waals surface area contributed by atoms with Gasteiger partial charge in [0.1, 0.15) is 11.3 Å². The van der Waals surface area contributed by atoms with Crippen LogP contribution in [0.1, 0.15) is 26.7 Å². The lowest BCUT2D eigenvalue weighted by Crippen LogP contribution is -2.46. The average Bonchev–Trinajstić information content (AvgIpc) is 3.23. The number of hydrogen-bond donors (Lipinski definition) is 1. The van der Waals surface area contributed by atoms with Crippen molar-refractivity contribution < 1.29 is 14.3 Å². The molecule has 0 radical (unpaired) electrons. The van der Waals surface area contributed by atoms with Crippen molar-refractivity contribution in [3.8, 4) is 5.75 Å². The molecule has 0 aromatic heterocycles. The SMILES string of the molecule is CCOC(=O)C(C)(Nc1cccc(OC)c1)C1CC1. The molecule has 1 unspecified atom stereocenters. The molecule has 1 saturated carbocycles. The zero-order valence-corrected chi connectivity index (χ0v) is 11.7. The molecule has 0 amide bonds. The molecule has 1 aromatic carbocycles. The van der Waals surface area contributed by atoms with Gasteiger partial charge in [0.2, 0.25) is 0 Å². The summed E-state index contributed by atoms with van der Waals surface area (Å²) in [5.41, 5.74) is 0.226. The summed E-state index contributed by atoms with van der Waals surface area (Å²) in [5.74, 6) is 0.935. The molecule has 19 heavy (non-hydrogen) atoms. The molecule has 1 fully saturated rings. The number of benzene rings is 1. The summed E-state index contributed by atoms with van der Waals surface area (Å²) in [7, 11) is 1.63. The van der Waals surface area contributed by atoms with E-state index in [1.807, 2.05) is 38.1 Å². The summed E-state index contributed by atoms with van der Waals surface area (Å²) in [5, 5.41) is 3.32. The monoisotopic (exact) mass is 263 g/mol. The van der Waals surface area contributed by atoms with Crippen LogP contribution in [0.15, 0.2) is 24.3 Å². The first kappa shape index (κ1) is 13.7. The maximum atomic E-state index is 12.2. The molecule has 4 heteroatoms. The molecule has 4 nitrogen and oxygen atoms in total. The normalized spacial score (nSPS) is 17.4. The first-order valence-electron chi connectivity index (χ1n) is 6.69. The molecule has 1 atom stereocenters. The Morgan fingerprint density at radius 1 is 1.47 bits per heavy atom. The van der Waals surface area contributed by atoms with Crippen LogP contribution < -0.4 is 10.1 Å². The topological polar surface area (TPSA) is 47.6 Å². The van der Waals surface area contributed by atoms with E-state index in [0.29, 0.717) is 12.5 Å². The van der Waals surface area contributed by atoms with Gasteiger partial charge in [-0.05, 0) is 44.7 Å². The zero-order chi connectivity index (χ0) is 13.9. The van der Waals surface area contributed by atoms with Crippen molar-refractivity contribution in [1.82, 2.24) is 0 Å². The molecule has 1 aliphatic carbocycles. The van der Waals surface area contributed by atoms with Gasteiger partial charge >= 0.3 is 5.97 Å². The van der Waals surface area contributed by atoms with Crippen LogP contribution in [0.4, 0.5) is 5.69 Å². The van der Waals surface area contributed by atoms with E-state index in [0.717, 1.165) is 24.3 Å². The Bertz CT molecular complexity index is 456. The van der Waals surface area contributed by atoms with E-state index >= 15 is 0 Å². The smallest absolute Gasteiger partial charge is 0.331 e. The highest BCUT2D eigenvalue weighted by Gasteiger charge is 2.48. The summed E-state index contributed by atoms with van der Waals surface area (Å²) in [6.07, 6.45) is 2.12. The molecule has 2 rings (SSSR count). The van der Waals surface area contributed by atoms with Gasteiger partial charge in [0, 0.05) is 11.8 Å². The van der Waals surface area contributed by atoms with Crippen molar-refractivity contribution in [1.29, 1.82) is 0 Å². The van der Waals surface area contributed by atoms with E-state index in [1.165, 1.54) is 0 Å². The van der Waals surface area contributed by atoms with E-state index in [4.69, 9.17) is 9.47 Å². The first-order valence-corrected chi connectivity index (χ1v) is 6.69. The molecule has 1 aromatic rings. The van der Waals surface area contributed by atoms with Crippen LogP contribution in [-0.4, -0.2) is 25.2 Å². The summed E-state index contributed by atoms with van der Waals surface area (Å²) in [6, 6.07) is 7.60. The van der Waals surface area contributed by atoms with Crippen LogP contribution in [0.3, 0.4) is 0 Å². The van der Waals surface area contributed by atoms with Crippen LogP contribution >= 0.6 is 0 Å². The van der Waals surface area contributed by atoms with Gasteiger partial charge in [-0.15, -0.1) is 0 Å². The lowest BCUT2D eigenvalue weighted by Gasteiger charge is -2.29. The third-order valence-corrected chi connectivity index (χ3v) is 3.57. The molecule has 104 valence electrons. The number of ether oxygens (including phenoxy) is 2. The number of rotatable bonds is 6. The molecule has 1 N–H and O–H groups in total. The highest BCUT2D eigenvalue weighted by Crippen LogP contribution is 2.42. The maximum Gasteiger partial charge on any atom is 0.331 e. The van der Waals surface area contributed by atoms with Crippen molar-refractivity contribution in [3.63, 3.8) is 0 Å². The maximum absolute atomic E-state index is 12.2. The number of nitrogens with one attached hydrogen (secondary N) is 1. The average molecular weight is 263 g/mol. The largest absolute Gasteiger partial charge is 0.497 e. The highest BCUT2D eigenvalue weighted by atomic mass is 16.5. The van der Waals surface area contributed by atoms with Gasteiger partial charge in [0.15, 0.2) is 0 Å². The molecular weight excluding hydrogens is 242 g/mol. The van der Waals surface area contributed by atoms with Crippen molar-refractivity contribution >= 4 is 11.7 Å². The van der Waals surface area contributed by atoms with E-state index in [2.05, 4.69) is 5.32 Å². The van der Waals surface area contributed by atoms with Crippen molar-refractivity contribution in [2.75, 3.05) is 19.0 Å². The summed E-state index contributed by atoms with van der Waals surface area (Å²) >= 11 is 0. The highest BCUT2D eigenvalue weighted by molar-refractivity contribution is 5.85. The Kier molecular flexibility index (Phi) is 3.98. The van der Waals surface area contributed by atoms with Crippen LogP contribution in [0.5, 0.6) is 5.75 Å². The predicted octanol–water partition coefficient (Wildman–Crippen LogP) is 2.84. The fourth-order valence-electron chi connectivity index (χ4n) is 2.26. The van der Waals surface area contributed by atoms with Crippen LogP contribution in [0.25, 0.3) is 0 Å². The van der Waals surface area contributed by atoms with Gasteiger partial charge in [-0.25, -0.2) is 4.79 Å². The van der Waals surface area contributed by atoms with Crippen LogP contribution in [-0.2, 0) is 9.53 Å². The minimum Gasteiger partial charge on any atom is -0.497 e. The number of carbonyl (C=O) groups is 1. The van der Waals surface area contributed by atoms with Gasteiger partial charge in [-0.2, -0.15) is 0 Å². The Morgan fingerprint density at radius 3 is 2.79 bits per heavy atom. The second-order valence-electron chi connectivity index (χ2n) is 5.05. The lowest BCUT2D eigenvalue weighted by molar-refractivity contribution is -0.148. The Balaban J connectivity index is 2.18. The van der Waals surface area contributed by atoms with Gasteiger partial charge in [-0.1, -0.05) is 6.07 Å². The summed E-state index contributed by atoms with van der Waals surface area (Å²) < 4.78 is 10.4.